The fourth-order valence-corrected chi connectivity index (χ4v) is 3.47. The lowest BCUT2D eigenvalue weighted by Gasteiger charge is -2.06. The number of rotatable bonds is 4. The lowest BCUT2D eigenvalue weighted by Crippen LogP contribution is -2.00. The molecule has 0 spiro atoms. The average Bonchev–Trinajstić information content (AvgIpc) is 3.47. The van der Waals surface area contributed by atoms with Crippen LogP contribution in [0.1, 0.15) is 34.8 Å². The summed E-state index contributed by atoms with van der Waals surface area (Å²) in [6.07, 6.45) is 2.43. The minimum atomic E-state index is -2.80. The monoisotopic (exact) mass is 441 g/mol. The summed E-state index contributed by atoms with van der Waals surface area (Å²) in [5.74, 6) is 5.67. The maximum absolute atomic E-state index is 12.7. The number of aromatic nitrogens is 5. The highest BCUT2D eigenvalue weighted by molar-refractivity contribution is 5.85. The Morgan fingerprint density at radius 1 is 1.03 bits per heavy atom. The molecule has 4 aromatic heterocycles. The lowest BCUT2D eigenvalue weighted by molar-refractivity contribution is 0.116. The summed E-state index contributed by atoms with van der Waals surface area (Å²) >= 11 is 0. The molecule has 0 saturated carbocycles. The fourth-order valence-electron chi connectivity index (χ4n) is 3.47. The molecule has 1 aromatic carbocycles. The number of fused-ring (bicyclic) bond motifs is 1. The Labute approximate surface area is 187 Å². The molecular formula is C25H17F2N5O. The van der Waals surface area contributed by atoms with E-state index in [0.717, 1.165) is 27.7 Å². The van der Waals surface area contributed by atoms with Gasteiger partial charge in [0.05, 0.1) is 23.3 Å². The van der Waals surface area contributed by atoms with Gasteiger partial charge in [0.25, 0.3) is 5.89 Å². The van der Waals surface area contributed by atoms with Gasteiger partial charge in [-0.25, -0.2) is 4.98 Å². The minimum absolute atomic E-state index is 0.0127. The van der Waals surface area contributed by atoms with Gasteiger partial charge < -0.3 is 8.98 Å². The number of pyridine rings is 2. The smallest absolute Gasteiger partial charge is 0.314 e. The van der Waals surface area contributed by atoms with Crippen LogP contribution >= 0.6 is 0 Å². The van der Waals surface area contributed by atoms with Gasteiger partial charge >= 0.3 is 6.43 Å². The second-order valence-corrected chi connectivity index (χ2v) is 7.44. The van der Waals surface area contributed by atoms with Gasteiger partial charge in [0.2, 0.25) is 5.89 Å². The molecule has 0 atom stereocenters. The summed E-state index contributed by atoms with van der Waals surface area (Å²) in [7, 11) is 0. The fraction of sp³-hybridized carbons (Fsp3) is 0.120. The third kappa shape index (κ3) is 4.34. The molecule has 4 heterocycles. The molecule has 0 radical (unpaired) electrons. The van der Waals surface area contributed by atoms with Gasteiger partial charge in [-0.2, -0.15) is 8.78 Å². The molecule has 0 N–H and O–H groups in total. The van der Waals surface area contributed by atoms with E-state index < -0.39 is 12.3 Å². The van der Waals surface area contributed by atoms with Crippen LogP contribution in [0, 0.1) is 18.8 Å². The zero-order valence-corrected chi connectivity index (χ0v) is 17.5. The molecule has 5 aromatic rings. The van der Waals surface area contributed by atoms with Crippen LogP contribution < -0.4 is 0 Å². The highest BCUT2D eigenvalue weighted by Gasteiger charge is 2.17. The molecule has 0 bridgehead atoms. The maximum Gasteiger partial charge on any atom is 0.314 e. The molecule has 6 nitrogen and oxygen atoms in total. The van der Waals surface area contributed by atoms with E-state index in [9.17, 15) is 8.78 Å². The Balaban J connectivity index is 1.38. The van der Waals surface area contributed by atoms with Gasteiger partial charge in [0, 0.05) is 29.5 Å². The highest BCUT2D eigenvalue weighted by atomic mass is 19.3. The van der Waals surface area contributed by atoms with E-state index in [0.29, 0.717) is 17.8 Å². The molecule has 0 fully saturated rings. The summed E-state index contributed by atoms with van der Waals surface area (Å²) in [4.78, 5) is 8.86. The Morgan fingerprint density at radius 3 is 2.70 bits per heavy atom. The number of halogens is 2. The quantitative estimate of drug-likeness (QED) is 0.360. The molecular weight excluding hydrogens is 424 g/mol. The Hall–Kier alpha value is -4.38. The summed E-state index contributed by atoms with van der Waals surface area (Å²) in [6, 6.07) is 15.5. The number of aryl methyl sites for hydroxylation is 1. The van der Waals surface area contributed by atoms with Crippen LogP contribution in [0.2, 0.25) is 0 Å². The molecule has 0 aliphatic carbocycles. The number of alkyl halides is 2. The Morgan fingerprint density at radius 2 is 1.94 bits per heavy atom. The third-order valence-electron chi connectivity index (χ3n) is 5.07. The SMILES string of the molecule is Cc1cccc(C#Cc2nccc3c2ccn3Cc2ccc(-c3nnc(C(F)F)o3)cn2)c1. The van der Waals surface area contributed by atoms with Crippen molar-refractivity contribution in [1.29, 1.82) is 0 Å². The van der Waals surface area contributed by atoms with Crippen LogP contribution in [0.25, 0.3) is 22.4 Å². The summed E-state index contributed by atoms with van der Waals surface area (Å²) in [5.41, 5.74) is 5.07. The minimum Gasteiger partial charge on any atom is -0.415 e. The summed E-state index contributed by atoms with van der Waals surface area (Å²) in [5, 5.41) is 7.94. The molecule has 5 rings (SSSR count). The standard InChI is InChI=1S/C25H17F2N5O/c1-16-3-2-4-17(13-16)5-8-21-20-10-12-32(22(20)9-11-28-21)15-19-7-6-18(14-29-19)24-30-31-25(33-24)23(26)27/h2-4,6-7,9-14,23H,15H2,1H3. The van der Waals surface area contributed by atoms with Crippen molar-refractivity contribution in [3.63, 3.8) is 0 Å². The van der Waals surface area contributed by atoms with Crippen molar-refractivity contribution in [3.05, 3.63) is 95.5 Å². The number of nitrogens with zero attached hydrogens (tertiary/aromatic N) is 5. The molecule has 0 amide bonds. The van der Waals surface area contributed by atoms with E-state index in [4.69, 9.17) is 4.42 Å². The molecule has 8 heteroatoms. The highest BCUT2D eigenvalue weighted by Crippen LogP contribution is 2.23. The van der Waals surface area contributed by atoms with Crippen LogP contribution in [0.3, 0.4) is 0 Å². The van der Waals surface area contributed by atoms with Crippen LogP contribution in [-0.2, 0) is 6.54 Å². The van der Waals surface area contributed by atoms with Crippen molar-refractivity contribution in [2.24, 2.45) is 0 Å². The van der Waals surface area contributed by atoms with Gasteiger partial charge in [-0.3, -0.25) is 4.98 Å². The van der Waals surface area contributed by atoms with Crippen molar-refractivity contribution in [3.8, 4) is 23.3 Å². The maximum atomic E-state index is 12.7. The van der Waals surface area contributed by atoms with Crippen molar-refractivity contribution in [1.82, 2.24) is 24.7 Å². The van der Waals surface area contributed by atoms with Gasteiger partial charge in [-0.1, -0.05) is 18.1 Å². The molecule has 0 aliphatic heterocycles. The van der Waals surface area contributed by atoms with Gasteiger partial charge in [0.1, 0.15) is 5.69 Å². The zero-order valence-electron chi connectivity index (χ0n) is 17.5. The van der Waals surface area contributed by atoms with Crippen LogP contribution in [0.4, 0.5) is 8.78 Å². The van der Waals surface area contributed by atoms with E-state index in [2.05, 4.69) is 36.6 Å². The lowest BCUT2D eigenvalue weighted by atomic mass is 10.1. The molecule has 0 aliphatic rings. The first-order chi connectivity index (χ1) is 16.1. The van der Waals surface area contributed by atoms with Crippen molar-refractivity contribution in [2.75, 3.05) is 0 Å². The first kappa shape index (κ1) is 20.5. The Kier molecular flexibility index (Phi) is 5.37. The molecule has 0 saturated heterocycles. The first-order valence-electron chi connectivity index (χ1n) is 10.2. The first-order valence-corrected chi connectivity index (χ1v) is 10.2. The Bertz CT molecular complexity index is 1490. The van der Waals surface area contributed by atoms with Gasteiger partial charge in [-0.05, 0) is 54.8 Å². The number of benzene rings is 1. The van der Waals surface area contributed by atoms with Crippen molar-refractivity contribution >= 4 is 10.9 Å². The van der Waals surface area contributed by atoms with E-state index in [1.54, 1.807) is 18.3 Å². The second-order valence-electron chi connectivity index (χ2n) is 7.44. The van der Waals surface area contributed by atoms with Crippen LogP contribution in [0.15, 0.2) is 71.5 Å². The largest absolute Gasteiger partial charge is 0.415 e. The van der Waals surface area contributed by atoms with E-state index in [1.807, 2.05) is 49.5 Å². The molecule has 0 unspecified atom stereocenters. The third-order valence-corrected chi connectivity index (χ3v) is 5.07. The predicted molar refractivity (Wildman–Crippen MR) is 118 cm³/mol. The number of hydrogen-bond donors (Lipinski definition) is 0. The van der Waals surface area contributed by atoms with Crippen LogP contribution in [-0.4, -0.2) is 24.7 Å². The van der Waals surface area contributed by atoms with E-state index in [1.165, 1.54) is 6.20 Å². The van der Waals surface area contributed by atoms with Gasteiger partial charge in [-0.15, -0.1) is 10.2 Å². The zero-order chi connectivity index (χ0) is 22.8. The van der Waals surface area contributed by atoms with Crippen LogP contribution in [0.5, 0.6) is 0 Å². The average molecular weight is 441 g/mol. The van der Waals surface area contributed by atoms with E-state index >= 15 is 0 Å². The van der Waals surface area contributed by atoms with Crippen molar-refractivity contribution < 1.29 is 13.2 Å². The normalized spacial score (nSPS) is 11.0. The summed E-state index contributed by atoms with van der Waals surface area (Å²) in [6.45, 7) is 2.55. The molecule has 162 valence electrons. The predicted octanol–water partition coefficient (Wildman–Crippen LogP) is 5.18. The van der Waals surface area contributed by atoms with Gasteiger partial charge in [0.15, 0.2) is 0 Å². The topological polar surface area (TPSA) is 69.6 Å². The number of hydrogen-bond acceptors (Lipinski definition) is 5. The summed E-state index contributed by atoms with van der Waals surface area (Å²) < 4.78 is 32.3. The van der Waals surface area contributed by atoms with E-state index in [-0.39, 0.29) is 5.89 Å². The second kappa shape index (κ2) is 8.63. The molecule has 33 heavy (non-hydrogen) atoms. The van der Waals surface area contributed by atoms with Crippen molar-refractivity contribution in [2.45, 2.75) is 19.9 Å².